The van der Waals surface area contributed by atoms with Gasteiger partial charge in [-0.25, -0.2) is 8.42 Å². The van der Waals surface area contributed by atoms with Crippen LogP contribution in [0.1, 0.15) is 21.5 Å². The van der Waals surface area contributed by atoms with Gasteiger partial charge in [0.05, 0.1) is 33.3 Å². The van der Waals surface area contributed by atoms with Gasteiger partial charge in [-0.05, 0) is 48.9 Å². The summed E-state index contributed by atoms with van der Waals surface area (Å²) in [6.07, 6.45) is -0.219. The molecule has 0 aliphatic carbocycles. The summed E-state index contributed by atoms with van der Waals surface area (Å²) in [5.74, 6) is -1.71. The zero-order valence-corrected chi connectivity index (χ0v) is 21.6. The van der Waals surface area contributed by atoms with Crippen LogP contribution < -0.4 is 8.87 Å². The number of benzene rings is 4. The summed E-state index contributed by atoms with van der Waals surface area (Å²) < 4.78 is 30.9. The number of sulfonamides is 1. The maximum atomic E-state index is 14.5. The SMILES string of the molecule is Cc1ccc(S(=O)(=O)N(C(=O)c2c3ccccc3[n+](C)c3ccccc23)c2ccc(CC(=O)O)cc2)cc1. The molecule has 0 atom stereocenters. The maximum Gasteiger partial charge on any atom is 0.307 e. The van der Waals surface area contributed by atoms with E-state index in [0.29, 0.717) is 16.3 Å². The number of anilines is 1. The van der Waals surface area contributed by atoms with Gasteiger partial charge in [0.2, 0.25) is 11.0 Å². The van der Waals surface area contributed by atoms with Gasteiger partial charge in [0.15, 0.2) is 0 Å². The standard InChI is InChI=1S/C30H24N2O5S/c1-20-11-17-23(18-12-20)38(36,37)32(22-15-13-21(14-16-22)19-28(33)34)30(35)29-24-7-3-5-9-26(24)31(2)27-10-6-4-8-25(27)29/h3-18H,19H2,1-2H3/p+1. The molecule has 5 aromatic rings. The van der Waals surface area contributed by atoms with Crippen molar-refractivity contribution < 1.29 is 27.7 Å². The first-order chi connectivity index (χ1) is 18.2. The monoisotopic (exact) mass is 525 g/mol. The lowest BCUT2D eigenvalue weighted by atomic mass is 10.0. The molecular formula is C30H25N2O5S+. The first-order valence-corrected chi connectivity index (χ1v) is 13.4. The molecular weight excluding hydrogens is 500 g/mol. The van der Waals surface area contributed by atoms with E-state index in [0.717, 1.165) is 20.9 Å². The second-order valence-electron chi connectivity index (χ2n) is 9.09. The van der Waals surface area contributed by atoms with E-state index in [4.69, 9.17) is 5.11 Å². The number of rotatable bonds is 6. The van der Waals surface area contributed by atoms with Crippen molar-refractivity contribution in [3.8, 4) is 0 Å². The summed E-state index contributed by atoms with van der Waals surface area (Å²) in [5.41, 5.74) is 3.31. The molecule has 5 rings (SSSR count). The highest BCUT2D eigenvalue weighted by atomic mass is 32.2. The van der Waals surface area contributed by atoms with Crippen molar-refractivity contribution in [3.63, 3.8) is 0 Å². The third-order valence-electron chi connectivity index (χ3n) is 6.55. The summed E-state index contributed by atoms with van der Waals surface area (Å²) >= 11 is 0. The van der Waals surface area contributed by atoms with Gasteiger partial charge in [0.1, 0.15) is 7.05 Å². The Morgan fingerprint density at radius 1 is 0.789 bits per heavy atom. The molecule has 190 valence electrons. The fourth-order valence-electron chi connectivity index (χ4n) is 4.67. The molecule has 4 aromatic carbocycles. The van der Waals surface area contributed by atoms with E-state index in [9.17, 15) is 18.0 Å². The highest BCUT2D eigenvalue weighted by Crippen LogP contribution is 2.32. The predicted molar refractivity (Wildman–Crippen MR) is 146 cm³/mol. The first kappa shape index (κ1) is 25.1. The molecule has 8 heteroatoms. The molecule has 0 unspecified atom stereocenters. The van der Waals surface area contributed by atoms with Crippen LogP contribution in [0.4, 0.5) is 5.69 Å². The summed E-state index contributed by atoms with van der Waals surface area (Å²) in [5, 5.41) is 10.4. The van der Waals surface area contributed by atoms with Crippen LogP contribution >= 0.6 is 0 Å². The minimum Gasteiger partial charge on any atom is -0.481 e. The Morgan fingerprint density at radius 2 is 1.32 bits per heavy atom. The van der Waals surface area contributed by atoms with E-state index in [1.54, 1.807) is 12.1 Å². The average molecular weight is 526 g/mol. The number of carbonyl (C=O) groups excluding carboxylic acids is 1. The summed E-state index contributed by atoms with van der Waals surface area (Å²) in [4.78, 5) is 25.6. The van der Waals surface area contributed by atoms with Gasteiger partial charge >= 0.3 is 5.97 Å². The van der Waals surface area contributed by atoms with Crippen LogP contribution in [0.5, 0.6) is 0 Å². The van der Waals surface area contributed by atoms with Crippen LogP contribution in [0.15, 0.2) is 102 Å². The number of aromatic nitrogens is 1. The molecule has 38 heavy (non-hydrogen) atoms. The van der Waals surface area contributed by atoms with Crippen molar-refractivity contribution in [1.82, 2.24) is 0 Å². The van der Waals surface area contributed by atoms with Gasteiger partial charge in [-0.2, -0.15) is 8.87 Å². The van der Waals surface area contributed by atoms with E-state index in [2.05, 4.69) is 0 Å². The fourth-order valence-corrected chi connectivity index (χ4v) is 6.07. The quantitative estimate of drug-likeness (QED) is 0.254. The van der Waals surface area contributed by atoms with Crippen molar-refractivity contribution in [2.75, 3.05) is 4.31 Å². The van der Waals surface area contributed by atoms with Crippen LogP contribution in [0.25, 0.3) is 21.8 Å². The number of carbonyl (C=O) groups is 2. The molecule has 0 radical (unpaired) electrons. The number of aliphatic carboxylic acids is 1. The van der Waals surface area contributed by atoms with Crippen molar-refractivity contribution in [2.45, 2.75) is 18.2 Å². The second kappa shape index (κ2) is 9.72. The van der Waals surface area contributed by atoms with Gasteiger partial charge in [0, 0.05) is 12.1 Å². The molecule has 0 aliphatic heterocycles. The van der Waals surface area contributed by atoms with E-state index >= 15 is 0 Å². The maximum absolute atomic E-state index is 14.5. The zero-order valence-electron chi connectivity index (χ0n) is 20.8. The lowest BCUT2D eigenvalue weighted by Gasteiger charge is -2.24. The van der Waals surface area contributed by atoms with Gasteiger partial charge in [-0.15, -0.1) is 0 Å². The number of para-hydroxylation sites is 2. The van der Waals surface area contributed by atoms with Gasteiger partial charge < -0.3 is 5.11 Å². The largest absolute Gasteiger partial charge is 0.481 e. The number of pyridine rings is 1. The number of nitrogens with zero attached hydrogens (tertiary/aromatic N) is 2. The highest BCUT2D eigenvalue weighted by Gasteiger charge is 2.35. The zero-order chi connectivity index (χ0) is 27.0. The Kier molecular flexibility index (Phi) is 6.42. The molecule has 0 spiro atoms. The number of fused-ring (bicyclic) bond motifs is 2. The van der Waals surface area contributed by atoms with Crippen LogP contribution in [-0.4, -0.2) is 25.4 Å². The Labute approximate surface area is 220 Å². The minimum absolute atomic E-state index is 0.0267. The van der Waals surface area contributed by atoms with Crippen molar-refractivity contribution in [1.29, 1.82) is 0 Å². The number of aryl methyl sites for hydroxylation is 2. The molecule has 0 fully saturated rings. The number of carboxylic acid groups (broad SMARTS) is 1. The summed E-state index contributed by atoms with van der Waals surface area (Å²) in [7, 11) is -2.44. The van der Waals surface area contributed by atoms with Crippen LogP contribution in [0, 0.1) is 6.92 Å². The highest BCUT2D eigenvalue weighted by molar-refractivity contribution is 7.93. The second-order valence-corrected chi connectivity index (χ2v) is 10.9. The van der Waals surface area contributed by atoms with Crippen molar-refractivity contribution in [2.24, 2.45) is 7.05 Å². The van der Waals surface area contributed by atoms with Gasteiger partial charge in [-0.1, -0.05) is 54.1 Å². The Hall–Kier alpha value is -4.56. The van der Waals surface area contributed by atoms with Crippen LogP contribution in [0.3, 0.4) is 0 Å². The summed E-state index contributed by atoms with van der Waals surface area (Å²) in [6.45, 7) is 1.85. The lowest BCUT2D eigenvalue weighted by molar-refractivity contribution is -0.617. The number of carboxylic acids is 1. The summed E-state index contributed by atoms with van der Waals surface area (Å²) in [6, 6.07) is 27.0. The Bertz CT molecular complexity index is 1760. The molecule has 0 aliphatic rings. The topological polar surface area (TPSA) is 95.6 Å². The molecule has 1 heterocycles. The van der Waals surface area contributed by atoms with E-state index < -0.39 is 21.9 Å². The number of hydrogen-bond acceptors (Lipinski definition) is 4. The Balaban J connectivity index is 1.78. The molecule has 1 aromatic heterocycles. The molecule has 0 bridgehead atoms. The molecule has 0 saturated heterocycles. The van der Waals surface area contributed by atoms with Crippen LogP contribution in [0.2, 0.25) is 0 Å². The third-order valence-corrected chi connectivity index (χ3v) is 8.28. The molecule has 1 N–H and O–H groups in total. The molecule has 1 amide bonds. The lowest BCUT2D eigenvalue weighted by Crippen LogP contribution is -2.39. The van der Waals surface area contributed by atoms with Crippen LogP contribution in [-0.2, 0) is 28.3 Å². The van der Waals surface area contributed by atoms with E-state index in [-0.39, 0.29) is 22.6 Å². The average Bonchev–Trinajstić information content (AvgIpc) is 2.90. The normalized spacial score (nSPS) is 11.5. The third kappa shape index (κ3) is 4.39. The van der Waals surface area contributed by atoms with E-state index in [1.807, 2.05) is 67.1 Å². The van der Waals surface area contributed by atoms with Gasteiger partial charge in [0.25, 0.3) is 15.9 Å². The van der Waals surface area contributed by atoms with Gasteiger partial charge in [-0.3, -0.25) is 9.59 Å². The molecule has 0 saturated carbocycles. The number of hydrogen-bond donors (Lipinski definition) is 1. The minimum atomic E-state index is -4.34. The first-order valence-electron chi connectivity index (χ1n) is 11.9. The van der Waals surface area contributed by atoms with E-state index in [1.165, 1.54) is 36.4 Å². The van der Waals surface area contributed by atoms with Crippen molar-refractivity contribution >= 4 is 49.4 Å². The fraction of sp³-hybridized carbons (Fsp3) is 0.100. The number of amides is 1. The Morgan fingerprint density at radius 3 is 1.84 bits per heavy atom. The van der Waals surface area contributed by atoms with Crippen molar-refractivity contribution in [3.05, 3.63) is 114 Å². The molecule has 7 nitrogen and oxygen atoms in total. The predicted octanol–water partition coefficient (Wildman–Crippen LogP) is 4.79. The smallest absolute Gasteiger partial charge is 0.307 e.